The third-order valence-corrected chi connectivity index (χ3v) is 4.28. The van der Waals surface area contributed by atoms with Gasteiger partial charge in [0.15, 0.2) is 0 Å². The first-order valence-electron chi connectivity index (χ1n) is 8.44. The van der Waals surface area contributed by atoms with Crippen molar-refractivity contribution in [2.24, 2.45) is 0 Å². The predicted molar refractivity (Wildman–Crippen MR) is 104 cm³/mol. The third kappa shape index (κ3) is 3.96. The Morgan fingerprint density at radius 3 is 2.30 bits per heavy atom. The minimum Gasteiger partial charge on any atom is -0.469 e. The molecule has 0 aliphatic heterocycles. The highest BCUT2D eigenvalue weighted by atomic mass is 16.5. The molecule has 5 heteroatoms. The number of nitrogens with zero attached hydrogens (tertiary/aromatic N) is 2. The van der Waals surface area contributed by atoms with E-state index >= 15 is 0 Å². The maximum Gasteiger partial charge on any atom is 0.308 e. The molecule has 2 aromatic carbocycles. The molecule has 0 radical (unpaired) electrons. The molecular weight excluding hydrogens is 340 g/mol. The molecule has 0 N–H and O–H groups in total. The summed E-state index contributed by atoms with van der Waals surface area (Å²) >= 11 is 0. The fraction of sp³-hybridized carbons (Fsp3) is 0.136. The number of carbonyl (C=O) groups is 1. The Labute approximate surface area is 157 Å². The molecule has 0 aliphatic rings. The number of rotatable bonds is 5. The number of benzene rings is 2. The molecule has 3 aromatic rings. The van der Waals surface area contributed by atoms with Crippen LogP contribution >= 0.6 is 0 Å². The average molecular weight is 358 g/mol. The van der Waals surface area contributed by atoms with Gasteiger partial charge in [-0.3, -0.25) is 9.59 Å². The monoisotopic (exact) mass is 358 g/mol. The van der Waals surface area contributed by atoms with E-state index in [-0.39, 0.29) is 12.1 Å². The highest BCUT2D eigenvalue weighted by Crippen LogP contribution is 2.25. The molecule has 0 amide bonds. The zero-order chi connectivity index (χ0) is 19.2. The lowest BCUT2D eigenvalue weighted by Crippen LogP contribution is -2.24. The van der Waals surface area contributed by atoms with Crippen molar-refractivity contribution in [2.45, 2.75) is 13.0 Å². The maximum atomic E-state index is 13.1. The number of pyridine rings is 1. The molecule has 0 spiro atoms. The Balaban J connectivity index is 2.22. The number of carbonyl (C=O) groups excluding carboxylic acids is 1. The maximum absolute atomic E-state index is 13.1. The van der Waals surface area contributed by atoms with E-state index in [4.69, 9.17) is 11.3 Å². The van der Waals surface area contributed by atoms with E-state index < -0.39 is 11.5 Å². The van der Waals surface area contributed by atoms with Crippen LogP contribution in [-0.4, -0.2) is 17.6 Å². The van der Waals surface area contributed by atoms with Gasteiger partial charge in [0.2, 0.25) is 0 Å². The molecule has 0 saturated carbocycles. The van der Waals surface area contributed by atoms with Gasteiger partial charge >= 0.3 is 5.97 Å². The Bertz CT molecular complexity index is 1050. The Kier molecular flexibility index (Phi) is 5.48. The smallest absolute Gasteiger partial charge is 0.308 e. The number of methoxy groups -OCH3 is 1. The molecule has 134 valence electrons. The van der Waals surface area contributed by atoms with Crippen LogP contribution in [0.25, 0.3) is 16.1 Å². The molecule has 0 saturated heterocycles. The fourth-order valence-electron chi connectivity index (χ4n) is 2.94. The predicted octanol–water partition coefficient (Wildman–Crippen LogP) is 3.83. The molecule has 0 aliphatic carbocycles. The summed E-state index contributed by atoms with van der Waals surface area (Å²) in [5, 5.41) is 0. The third-order valence-electron chi connectivity index (χ3n) is 4.28. The van der Waals surface area contributed by atoms with Crippen LogP contribution in [0.1, 0.15) is 11.1 Å². The number of esters is 1. The van der Waals surface area contributed by atoms with Crippen LogP contribution in [-0.2, 0) is 22.5 Å². The average Bonchev–Trinajstić information content (AvgIpc) is 2.71. The van der Waals surface area contributed by atoms with Crippen molar-refractivity contribution < 1.29 is 9.53 Å². The number of aromatic nitrogens is 1. The second-order valence-corrected chi connectivity index (χ2v) is 6.01. The van der Waals surface area contributed by atoms with Crippen LogP contribution in [0.2, 0.25) is 0 Å². The van der Waals surface area contributed by atoms with Gasteiger partial charge < -0.3 is 9.30 Å². The van der Waals surface area contributed by atoms with Gasteiger partial charge in [0.1, 0.15) is 0 Å². The van der Waals surface area contributed by atoms with Crippen LogP contribution < -0.4 is 5.56 Å². The molecule has 5 nitrogen and oxygen atoms in total. The summed E-state index contributed by atoms with van der Waals surface area (Å²) in [4.78, 5) is 28.2. The first-order chi connectivity index (χ1) is 13.1. The minimum atomic E-state index is -0.487. The van der Waals surface area contributed by atoms with Crippen LogP contribution in [0.15, 0.2) is 71.5 Å². The Hall–Kier alpha value is -3.65. The summed E-state index contributed by atoms with van der Waals surface area (Å²) in [7, 11) is 1.29. The van der Waals surface area contributed by atoms with Gasteiger partial charge in [-0.15, -0.1) is 0 Å². The van der Waals surface area contributed by atoms with Crippen molar-refractivity contribution in [3.8, 4) is 11.3 Å². The van der Waals surface area contributed by atoms with Gasteiger partial charge in [-0.05, 0) is 22.8 Å². The zero-order valence-electron chi connectivity index (χ0n) is 14.9. The summed E-state index contributed by atoms with van der Waals surface area (Å²) in [6, 6.07) is 20.8. The zero-order valence-corrected chi connectivity index (χ0v) is 14.9. The highest BCUT2D eigenvalue weighted by molar-refractivity contribution is 5.77. The van der Waals surface area contributed by atoms with E-state index in [2.05, 4.69) is 4.85 Å². The molecule has 0 bridgehead atoms. The molecule has 0 unspecified atom stereocenters. The van der Waals surface area contributed by atoms with Gasteiger partial charge in [0.05, 0.1) is 20.1 Å². The summed E-state index contributed by atoms with van der Waals surface area (Å²) in [5.74, 6) is -0.487. The molecule has 27 heavy (non-hydrogen) atoms. The summed E-state index contributed by atoms with van der Waals surface area (Å²) in [6.07, 6.45) is -0.116. The lowest BCUT2D eigenvalue weighted by atomic mass is 10.0. The summed E-state index contributed by atoms with van der Waals surface area (Å²) in [6.45, 7) is 7.78. The normalized spacial score (nSPS) is 10.2. The largest absolute Gasteiger partial charge is 0.469 e. The number of hydrogen-bond acceptors (Lipinski definition) is 3. The van der Waals surface area contributed by atoms with E-state index in [0.29, 0.717) is 17.8 Å². The number of hydrogen-bond donors (Lipinski definition) is 0. The van der Waals surface area contributed by atoms with Gasteiger partial charge in [0, 0.05) is 12.2 Å². The molecule has 0 atom stereocenters. The molecule has 3 rings (SSSR count). The van der Waals surface area contributed by atoms with E-state index in [1.165, 1.54) is 7.11 Å². The van der Waals surface area contributed by atoms with Crippen molar-refractivity contribution >= 4 is 11.7 Å². The van der Waals surface area contributed by atoms with Gasteiger partial charge in [-0.25, -0.2) is 4.85 Å². The van der Waals surface area contributed by atoms with Crippen LogP contribution in [0.4, 0.5) is 5.69 Å². The van der Waals surface area contributed by atoms with Crippen LogP contribution in [0.3, 0.4) is 0 Å². The quantitative estimate of drug-likeness (QED) is 0.514. The second kappa shape index (κ2) is 8.15. The molecular formula is C22H18N2O3. The lowest BCUT2D eigenvalue weighted by molar-refractivity contribution is -0.139. The Morgan fingerprint density at radius 2 is 1.70 bits per heavy atom. The highest BCUT2D eigenvalue weighted by Gasteiger charge is 2.18. The van der Waals surface area contributed by atoms with Crippen molar-refractivity contribution in [1.29, 1.82) is 0 Å². The van der Waals surface area contributed by atoms with Crippen molar-refractivity contribution in [1.82, 2.24) is 4.57 Å². The first-order valence-corrected chi connectivity index (χ1v) is 8.44. The Morgan fingerprint density at radius 1 is 1.07 bits per heavy atom. The van der Waals surface area contributed by atoms with E-state index in [1.807, 2.05) is 60.7 Å². The SMILES string of the molecule is [C-]#[N+]c1c(CC(=O)OC)cc(-c2ccccc2)n(Cc2ccccc2)c1=O. The summed E-state index contributed by atoms with van der Waals surface area (Å²) in [5.41, 5.74) is 2.38. The fourth-order valence-corrected chi connectivity index (χ4v) is 2.94. The molecule has 0 fully saturated rings. The van der Waals surface area contributed by atoms with Crippen LogP contribution in [0, 0.1) is 6.57 Å². The van der Waals surface area contributed by atoms with Crippen molar-refractivity contribution in [3.63, 3.8) is 0 Å². The summed E-state index contributed by atoms with van der Waals surface area (Å²) < 4.78 is 6.30. The van der Waals surface area contributed by atoms with Gasteiger partial charge in [0.25, 0.3) is 11.2 Å². The topological polar surface area (TPSA) is 52.7 Å². The van der Waals surface area contributed by atoms with E-state index in [0.717, 1.165) is 11.1 Å². The van der Waals surface area contributed by atoms with Gasteiger partial charge in [-0.1, -0.05) is 60.7 Å². The van der Waals surface area contributed by atoms with Crippen molar-refractivity contribution in [2.75, 3.05) is 7.11 Å². The van der Waals surface area contributed by atoms with Crippen LogP contribution in [0.5, 0.6) is 0 Å². The van der Waals surface area contributed by atoms with Crippen molar-refractivity contribution in [3.05, 3.63) is 99.6 Å². The van der Waals surface area contributed by atoms with E-state index in [1.54, 1.807) is 10.6 Å². The minimum absolute atomic E-state index is 0.0454. The standard InChI is InChI=1S/C22H18N2O3/c1-23-21-18(14-20(25)27-2)13-19(17-11-7-4-8-12-17)24(22(21)26)15-16-9-5-3-6-10-16/h3-13H,14-15H2,2H3. The lowest BCUT2D eigenvalue weighted by Gasteiger charge is -2.16. The first kappa shape index (κ1) is 18.2. The second-order valence-electron chi connectivity index (χ2n) is 6.01. The molecule has 1 aromatic heterocycles. The van der Waals surface area contributed by atoms with Gasteiger partial charge in [-0.2, -0.15) is 0 Å². The molecule has 1 heterocycles. The van der Waals surface area contributed by atoms with E-state index in [9.17, 15) is 9.59 Å². The number of ether oxygens (including phenoxy) is 1.